The Morgan fingerprint density at radius 1 is 1.19 bits per heavy atom. The molecule has 3 aliphatic rings. The van der Waals surface area contributed by atoms with Crippen LogP contribution in [-0.4, -0.2) is 59.1 Å². The van der Waals surface area contributed by atoms with Crippen molar-refractivity contribution in [3.63, 3.8) is 0 Å². The number of halogens is 1. The van der Waals surface area contributed by atoms with Crippen molar-refractivity contribution >= 4 is 5.91 Å². The number of likely N-dealkylation sites (tertiary alicyclic amines) is 1. The fourth-order valence-corrected chi connectivity index (χ4v) is 4.40. The van der Waals surface area contributed by atoms with Crippen LogP contribution in [0.5, 0.6) is 0 Å². The Balaban J connectivity index is 1.36. The maximum atomic E-state index is 13.3. The number of nitrogens with zero attached hydrogens (tertiary/aromatic N) is 2. The molecule has 0 bridgehead atoms. The maximum absolute atomic E-state index is 13.3. The van der Waals surface area contributed by atoms with Crippen molar-refractivity contribution in [1.82, 2.24) is 9.80 Å². The Labute approximate surface area is 155 Å². The number of amides is 1. The quantitative estimate of drug-likeness (QED) is 0.828. The van der Waals surface area contributed by atoms with Crippen molar-refractivity contribution in [3.8, 4) is 0 Å². The lowest BCUT2D eigenvalue weighted by Gasteiger charge is -2.51. The monoisotopic (exact) mass is 360 g/mol. The summed E-state index contributed by atoms with van der Waals surface area (Å²) < 4.78 is 19.8. The third kappa shape index (κ3) is 3.39. The van der Waals surface area contributed by atoms with E-state index in [9.17, 15) is 9.18 Å². The summed E-state index contributed by atoms with van der Waals surface area (Å²) in [6, 6.07) is 7.11. The summed E-state index contributed by atoms with van der Waals surface area (Å²) in [5.41, 5.74) is 0.365. The highest BCUT2D eigenvalue weighted by atomic mass is 19.1. The molecule has 4 rings (SSSR count). The fraction of sp³-hybridized carbons (Fsp3) is 0.667. The predicted molar refractivity (Wildman–Crippen MR) is 98.4 cm³/mol. The molecular formula is C21H29FN2O2. The Kier molecular flexibility index (Phi) is 4.56. The minimum Gasteiger partial charge on any atom is -0.357 e. The first-order valence-corrected chi connectivity index (χ1v) is 9.90. The topological polar surface area (TPSA) is 32.8 Å². The molecule has 3 fully saturated rings. The molecule has 1 aromatic rings. The van der Waals surface area contributed by atoms with Gasteiger partial charge in [-0.25, -0.2) is 4.39 Å². The minimum absolute atomic E-state index is 0.163. The molecular weight excluding hydrogens is 331 g/mol. The van der Waals surface area contributed by atoms with E-state index < -0.39 is 5.60 Å². The molecule has 2 heterocycles. The SMILES string of the molecule is CC(C)N1CC2(CCN(CCc3cccc(F)c3)CC2)OC2(CC2)C1=O. The third-order valence-electron chi connectivity index (χ3n) is 6.22. The van der Waals surface area contributed by atoms with Gasteiger partial charge >= 0.3 is 0 Å². The van der Waals surface area contributed by atoms with Gasteiger partial charge in [-0.2, -0.15) is 0 Å². The lowest BCUT2D eigenvalue weighted by Crippen LogP contribution is -2.64. The van der Waals surface area contributed by atoms with E-state index in [1.54, 1.807) is 12.1 Å². The van der Waals surface area contributed by atoms with Crippen LogP contribution in [0.3, 0.4) is 0 Å². The van der Waals surface area contributed by atoms with Gasteiger partial charge in [-0.1, -0.05) is 12.1 Å². The number of morpholine rings is 1. The molecule has 4 nitrogen and oxygen atoms in total. The van der Waals surface area contributed by atoms with Crippen LogP contribution >= 0.6 is 0 Å². The van der Waals surface area contributed by atoms with Crippen molar-refractivity contribution < 1.29 is 13.9 Å². The molecule has 1 amide bonds. The van der Waals surface area contributed by atoms with E-state index in [-0.39, 0.29) is 23.4 Å². The van der Waals surface area contributed by atoms with Crippen LogP contribution in [0, 0.1) is 5.82 Å². The van der Waals surface area contributed by atoms with Gasteiger partial charge in [-0.15, -0.1) is 0 Å². The van der Waals surface area contributed by atoms with Gasteiger partial charge < -0.3 is 14.5 Å². The number of piperidine rings is 1. The van der Waals surface area contributed by atoms with Gasteiger partial charge in [0.1, 0.15) is 11.4 Å². The van der Waals surface area contributed by atoms with Gasteiger partial charge in [0.05, 0.1) is 12.1 Å². The third-order valence-corrected chi connectivity index (χ3v) is 6.22. The molecule has 26 heavy (non-hydrogen) atoms. The number of hydrogen-bond donors (Lipinski definition) is 0. The number of hydrogen-bond acceptors (Lipinski definition) is 3. The number of carbonyl (C=O) groups is 1. The number of ether oxygens (including phenoxy) is 1. The van der Waals surface area contributed by atoms with Crippen molar-refractivity contribution in [2.24, 2.45) is 0 Å². The highest BCUT2D eigenvalue weighted by Crippen LogP contribution is 2.50. The minimum atomic E-state index is -0.508. The predicted octanol–water partition coefficient (Wildman–Crippen LogP) is 3.00. The first kappa shape index (κ1) is 17.9. The molecule has 0 radical (unpaired) electrons. The molecule has 0 N–H and O–H groups in total. The number of carbonyl (C=O) groups excluding carboxylic acids is 1. The molecule has 142 valence electrons. The highest BCUT2D eigenvalue weighted by molar-refractivity contribution is 5.89. The van der Waals surface area contributed by atoms with E-state index >= 15 is 0 Å². The van der Waals surface area contributed by atoms with Crippen molar-refractivity contribution in [2.45, 2.75) is 63.2 Å². The molecule has 2 aliphatic heterocycles. The van der Waals surface area contributed by atoms with E-state index in [0.29, 0.717) is 0 Å². The summed E-state index contributed by atoms with van der Waals surface area (Å²) in [6.45, 7) is 7.82. The highest BCUT2D eigenvalue weighted by Gasteiger charge is 2.62. The second-order valence-electron chi connectivity index (χ2n) is 8.53. The molecule has 0 unspecified atom stereocenters. The molecule has 2 spiro atoms. The molecule has 1 saturated carbocycles. The maximum Gasteiger partial charge on any atom is 0.255 e. The van der Waals surface area contributed by atoms with E-state index in [1.807, 2.05) is 11.0 Å². The molecule has 5 heteroatoms. The zero-order chi connectivity index (χ0) is 18.4. The second-order valence-corrected chi connectivity index (χ2v) is 8.53. The normalized spacial score (nSPS) is 24.6. The van der Waals surface area contributed by atoms with Crippen molar-refractivity contribution in [1.29, 1.82) is 0 Å². The van der Waals surface area contributed by atoms with E-state index in [1.165, 1.54) is 6.07 Å². The Morgan fingerprint density at radius 2 is 1.92 bits per heavy atom. The average Bonchev–Trinajstić information content (AvgIpc) is 3.38. The first-order chi connectivity index (χ1) is 12.4. The van der Waals surface area contributed by atoms with Gasteiger partial charge in [-0.3, -0.25) is 4.79 Å². The molecule has 1 aromatic carbocycles. The van der Waals surface area contributed by atoms with E-state index in [0.717, 1.165) is 63.8 Å². The van der Waals surface area contributed by atoms with Crippen LogP contribution < -0.4 is 0 Å². The molecule has 1 aliphatic carbocycles. The Morgan fingerprint density at radius 3 is 2.54 bits per heavy atom. The standard InChI is InChI=1S/C21H29FN2O2/c1-16(2)24-15-20(26-21(7-8-21)19(24)25)9-12-23(13-10-20)11-6-17-4-3-5-18(22)14-17/h3-5,14,16H,6-13,15H2,1-2H3. The van der Waals surface area contributed by atoms with Crippen molar-refractivity contribution in [3.05, 3.63) is 35.6 Å². The number of benzene rings is 1. The number of rotatable bonds is 4. The zero-order valence-electron chi connectivity index (χ0n) is 15.8. The molecule has 0 aromatic heterocycles. The largest absolute Gasteiger partial charge is 0.357 e. The molecule has 0 atom stereocenters. The van der Waals surface area contributed by atoms with Gasteiger partial charge in [0.15, 0.2) is 0 Å². The van der Waals surface area contributed by atoms with Gasteiger partial charge in [0.2, 0.25) is 0 Å². The summed E-state index contributed by atoms with van der Waals surface area (Å²) in [4.78, 5) is 17.2. The summed E-state index contributed by atoms with van der Waals surface area (Å²) in [5.74, 6) is 0.0375. The lowest BCUT2D eigenvalue weighted by molar-refractivity contribution is -0.203. The summed E-state index contributed by atoms with van der Waals surface area (Å²) in [6.07, 6.45) is 4.55. The fourth-order valence-electron chi connectivity index (χ4n) is 4.40. The first-order valence-electron chi connectivity index (χ1n) is 9.90. The van der Waals surface area contributed by atoms with Gasteiger partial charge in [-0.05, 0) is 63.6 Å². The second kappa shape index (κ2) is 6.61. The zero-order valence-corrected chi connectivity index (χ0v) is 15.8. The van der Waals surface area contributed by atoms with E-state index in [4.69, 9.17) is 4.74 Å². The average molecular weight is 360 g/mol. The summed E-state index contributed by atoms with van der Waals surface area (Å²) in [7, 11) is 0. The van der Waals surface area contributed by atoms with Gasteiger partial charge in [0, 0.05) is 25.7 Å². The van der Waals surface area contributed by atoms with Crippen molar-refractivity contribution in [2.75, 3.05) is 26.2 Å². The van der Waals surface area contributed by atoms with Crippen LogP contribution in [0.25, 0.3) is 0 Å². The van der Waals surface area contributed by atoms with Gasteiger partial charge in [0.25, 0.3) is 5.91 Å². The molecule has 2 saturated heterocycles. The smallest absolute Gasteiger partial charge is 0.255 e. The summed E-state index contributed by atoms with van der Waals surface area (Å²) >= 11 is 0. The Bertz CT molecular complexity index is 678. The Hall–Kier alpha value is -1.46. The summed E-state index contributed by atoms with van der Waals surface area (Å²) in [5, 5.41) is 0. The van der Waals surface area contributed by atoms with Crippen LogP contribution in [-0.2, 0) is 16.0 Å². The van der Waals surface area contributed by atoms with Crippen LogP contribution in [0.15, 0.2) is 24.3 Å². The van der Waals surface area contributed by atoms with Crippen LogP contribution in [0.1, 0.15) is 45.1 Å². The lowest BCUT2D eigenvalue weighted by atomic mass is 9.87. The van der Waals surface area contributed by atoms with Crippen LogP contribution in [0.4, 0.5) is 4.39 Å². The van der Waals surface area contributed by atoms with E-state index in [2.05, 4.69) is 18.7 Å². The van der Waals surface area contributed by atoms with Crippen LogP contribution in [0.2, 0.25) is 0 Å².